The van der Waals surface area contributed by atoms with Crippen LogP contribution >= 0.6 is 11.3 Å². The second-order valence-corrected chi connectivity index (χ2v) is 5.62. The van der Waals surface area contributed by atoms with Gasteiger partial charge in [-0.15, -0.1) is 11.3 Å². The molecule has 0 bridgehead atoms. The first-order chi connectivity index (χ1) is 9.51. The van der Waals surface area contributed by atoms with E-state index in [-0.39, 0.29) is 12.1 Å². The van der Waals surface area contributed by atoms with E-state index in [1.165, 1.54) is 18.4 Å². The number of methoxy groups -OCH3 is 1. The summed E-state index contributed by atoms with van der Waals surface area (Å²) >= 11 is 1.34. The fraction of sp³-hybridized carbons (Fsp3) is 0.333. The summed E-state index contributed by atoms with van der Waals surface area (Å²) in [5.74, 6) is 0.483. The van der Waals surface area contributed by atoms with Crippen molar-refractivity contribution in [3.8, 4) is 16.3 Å². The largest absolute Gasteiger partial charge is 0.491 e. The number of ether oxygens (including phenoxy) is 2. The van der Waals surface area contributed by atoms with Crippen molar-refractivity contribution in [3.63, 3.8) is 0 Å². The summed E-state index contributed by atoms with van der Waals surface area (Å²) in [4.78, 5) is 16.5. The molecule has 0 amide bonds. The molecule has 2 rings (SSSR count). The van der Waals surface area contributed by atoms with E-state index in [1.807, 2.05) is 45.0 Å². The SMILES string of the molecule is COC(=O)c1sc(-c2ccc(OC(C)C)cc2)nc1C. The van der Waals surface area contributed by atoms with E-state index >= 15 is 0 Å². The zero-order chi connectivity index (χ0) is 14.7. The molecular weight excluding hydrogens is 274 g/mol. The zero-order valence-corrected chi connectivity index (χ0v) is 12.8. The molecule has 0 aliphatic rings. The van der Waals surface area contributed by atoms with Gasteiger partial charge in [-0.2, -0.15) is 0 Å². The van der Waals surface area contributed by atoms with Gasteiger partial charge in [0.2, 0.25) is 0 Å². The van der Waals surface area contributed by atoms with Gasteiger partial charge in [0.25, 0.3) is 0 Å². The molecule has 4 nitrogen and oxygen atoms in total. The average Bonchev–Trinajstić information content (AvgIpc) is 2.80. The standard InChI is InChI=1S/C15H17NO3S/c1-9(2)19-12-7-5-11(6-8-12)14-16-10(3)13(20-14)15(17)18-4/h5-9H,1-4H3. The van der Waals surface area contributed by atoms with Gasteiger partial charge in [0.05, 0.1) is 18.9 Å². The van der Waals surface area contributed by atoms with Crippen molar-refractivity contribution in [2.45, 2.75) is 26.9 Å². The van der Waals surface area contributed by atoms with Gasteiger partial charge >= 0.3 is 5.97 Å². The lowest BCUT2D eigenvalue weighted by molar-refractivity contribution is 0.0605. The van der Waals surface area contributed by atoms with Crippen molar-refractivity contribution in [2.75, 3.05) is 7.11 Å². The van der Waals surface area contributed by atoms with E-state index in [1.54, 1.807) is 0 Å². The van der Waals surface area contributed by atoms with Crippen LogP contribution in [0.2, 0.25) is 0 Å². The minimum atomic E-state index is -0.342. The molecule has 2 aromatic rings. The molecule has 5 heteroatoms. The Balaban J connectivity index is 2.26. The predicted molar refractivity (Wildman–Crippen MR) is 79.4 cm³/mol. The maximum Gasteiger partial charge on any atom is 0.349 e. The number of hydrogen-bond acceptors (Lipinski definition) is 5. The number of aryl methyl sites for hydroxylation is 1. The Kier molecular flexibility index (Phi) is 4.39. The van der Waals surface area contributed by atoms with Gasteiger partial charge in [0, 0.05) is 5.56 Å². The number of esters is 1. The molecule has 0 radical (unpaired) electrons. The van der Waals surface area contributed by atoms with Gasteiger partial charge in [-0.1, -0.05) is 0 Å². The lowest BCUT2D eigenvalue weighted by Gasteiger charge is -2.09. The molecule has 1 heterocycles. The van der Waals surface area contributed by atoms with Gasteiger partial charge < -0.3 is 9.47 Å². The number of carbonyl (C=O) groups excluding carboxylic acids is 1. The molecule has 0 fully saturated rings. The maximum atomic E-state index is 11.6. The molecule has 1 aromatic heterocycles. The number of hydrogen-bond donors (Lipinski definition) is 0. The van der Waals surface area contributed by atoms with E-state index in [2.05, 4.69) is 4.98 Å². The molecule has 0 unspecified atom stereocenters. The van der Waals surface area contributed by atoms with Gasteiger partial charge in [-0.25, -0.2) is 9.78 Å². The molecule has 0 saturated carbocycles. The second-order valence-electron chi connectivity index (χ2n) is 4.62. The minimum absolute atomic E-state index is 0.147. The average molecular weight is 291 g/mol. The maximum absolute atomic E-state index is 11.6. The first-order valence-corrected chi connectivity index (χ1v) is 7.15. The number of thiazole rings is 1. The highest BCUT2D eigenvalue weighted by molar-refractivity contribution is 7.17. The topological polar surface area (TPSA) is 48.4 Å². The van der Waals surface area contributed by atoms with E-state index < -0.39 is 0 Å². The summed E-state index contributed by atoms with van der Waals surface area (Å²) in [6.45, 7) is 5.78. The first kappa shape index (κ1) is 14.5. The molecule has 0 saturated heterocycles. The first-order valence-electron chi connectivity index (χ1n) is 6.34. The fourth-order valence-electron chi connectivity index (χ4n) is 1.75. The Hall–Kier alpha value is -1.88. The molecule has 0 N–H and O–H groups in total. The van der Waals surface area contributed by atoms with Crippen LogP contribution in [0.25, 0.3) is 10.6 Å². The molecule has 0 spiro atoms. The fourth-order valence-corrected chi connectivity index (χ4v) is 2.74. The Morgan fingerprint density at radius 3 is 2.45 bits per heavy atom. The Morgan fingerprint density at radius 1 is 1.25 bits per heavy atom. The van der Waals surface area contributed by atoms with Crippen LogP contribution in [-0.4, -0.2) is 24.2 Å². The normalized spacial score (nSPS) is 10.7. The van der Waals surface area contributed by atoms with Crippen LogP contribution in [-0.2, 0) is 4.74 Å². The number of aromatic nitrogens is 1. The number of rotatable bonds is 4. The highest BCUT2D eigenvalue weighted by atomic mass is 32.1. The third-order valence-corrected chi connectivity index (χ3v) is 3.83. The quantitative estimate of drug-likeness (QED) is 0.806. The highest BCUT2D eigenvalue weighted by Crippen LogP contribution is 2.29. The Morgan fingerprint density at radius 2 is 1.90 bits per heavy atom. The highest BCUT2D eigenvalue weighted by Gasteiger charge is 2.16. The smallest absolute Gasteiger partial charge is 0.349 e. The third-order valence-electron chi connectivity index (χ3n) is 2.64. The summed E-state index contributed by atoms with van der Waals surface area (Å²) in [6, 6.07) is 7.70. The van der Waals surface area contributed by atoms with Crippen molar-refractivity contribution in [2.24, 2.45) is 0 Å². The molecular formula is C15H17NO3S. The summed E-state index contributed by atoms with van der Waals surface area (Å²) < 4.78 is 10.3. The lowest BCUT2D eigenvalue weighted by Crippen LogP contribution is -2.05. The van der Waals surface area contributed by atoms with Gasteiger partial charge in [-0.05, 0) is 45.0 Å². The summed E-state index contributed by atoms with van der Waals surface area (Å²) in [7, 11) is 1.37. The second kappa shape index (κ2) is 6.05. The van der Waals surface area contributed by atoms with Crippen LogP contribution in [0.4, 0.5) is 0 Å². The van der Waals surface area contributed by atoms with E-state index in [0.29, 0.717) is 10.6 Å². The Bertz CT molecular complexity index is 602. The lowest BCUT2D eigenvalue weighted by atomic mass is 10.2. The van der Waals surface area contributed by atoms with Crippen molar-refractivity contribution in [1.29, 1.82) is 0 Å². The predicted octanol–water partition coefficient (Wildman–Crippen LogP) is 3.69. The van der Waals surface area contributed by atoms with Crippen molar-refractivity contribution in [3.05, 3.63) is 34.8 Å². The van der Waals surface area contributed by atoms with Crippen LogP contribution < -0.4 is 4.74 Å². The summed E-state index contributed by atoms with van der Waals surface area (Å²) in [6.07, 6.45) is 0.147. The van der Waals surface area contributed by atoms with Crippen LogP contribution in [0, 0.1) is 6.92 Å². The van der Waals surface area contributed by atoms with Crippen LogP contribution in [0.1, 0.15) is 29.2 Å². The van der Waals surface area contributed by atoms with E-state index in [9.17, 15) is 4.79 Å². The molecule has 0 aliphatic carbocycles. The monoisotopic (exact) mass is 291 g/mol. The number of nitrogens with zero attached hydrogens (tertiary/aromatic N) is 1. The summed E-state index contributed by atoms with van der Waals surface area (Å²) in [5.41, 5.74) is 1.66. The van der Waals surface area contributed by atoms with E-state index in [0.717, 1.165) is 16.3 Å². The number of benzene rings is 1. The van der Waals surface area contributed by atoms with Crippen molar-refractivity contribution < 1.29 is 14.3 Å². The van der Waals surface area contributed by atoms with Crippen LogP contribution in [0.3, 0.4) is 0 Å². The molecule has 1 aromatic carbocycles. The molecule has 106 valence electrons. The minimum Gasteiger partial charge on any atom is -0.491 e. The van der Waals surface area contributed by atoms with Gasteiger partial charge in [-0.3, -0.25) is 0 Å². The Labute approximate surface area is 122 Å². The third kappa shape index (κ3) is 3.17. The summed E-state index contributed by atoms with van der Waals surface area (Å²) in [5, 5.41) is 0.805. The molecule has 0 atom stereocenters. The van der Waals surface area contributed by atoms with Crippen LogP contribution in [0.15, 0.2) is 24.3 Å². The van der Waals surface area contributed by atoms with Crippen molar-refractivity contribution in [1.82, 2.24) is 4.98 Å². The van der Waals surface area contributed by atoms with E-state index in [4.69, 9.17) is 9.47 Å². The van der Waals surface area contributed by atoms with Gasteiger partial charge in [0.1, 0.15) is 15.6 Å². The zero-order valence-electron chi connectivity index (χ0n) is 12.0. The number of carbonyl (C=O) groups is 1. The van der Waals surface area contributed by atoms with Crippen LogP contribution in [0.5, 0.6) is 5.75 Å². The molecule has 20 heavy (non-hydrogen) atoms. The van der Waals surface area contributed by atoms with Crippen molar-refractivity contribution >= 4 is 17.3 Å². The molecule has 0 aliphatic heterocycles. The van der Waals surface area contributed by atoms with Gasteiger partial charge in [0.15, 0.2) is 0 Å².